The van der Waals surface area contributed by atoms with Crippen molar-refractivity contribution in [2.75, 3.05) is 25.7 Å². The minimum absolute atomic E-state index is 0.614. The Labute approximate surface area is 116 Å². The van der Waals surface area contributed by atoms with Crippen LogP contribution in [0.1, 0.15) is 25.3 Å². The molecule has 0 saturated heterocycles. The fraction of sp³-hybridized carbons (Fsp3) is 0.600. The molecule has 0 radical (unpaired) electrons. The summed E-state index contributed by atoms with van der Waals surface area (Å²) in [7, 11) is 3.77. The molecular formula is C15H25NOS. The highest BCUT2D eigenvalue weighted by Gasteiger charge is 2.06. The highest BCUT2D eigenvalue weighted by atomic mass is 32.2. The lowest BCUT2D eigenvalue weighted by atomic mass is 10.1. The first-order chi connectivity index (χ1) is 8.80. The molecule has 0 spiro atoms. The zero-order chi connectivity index (χ0) is 13.2. The first-order valence-electron chi connectivity index (χ1n) is 6.68. The van der Waals surface area contributed by atoms with E-state index in [1.165, 1.54) is 29.9 Å². The van der Waals surface area contributed by atoms with Gasteiger partial charge in [-0.1, -0.05) is 19.1 Å². The maximum atomic E-state index is 5.17. The maximum absolute atomic E-state index is 5.17. The van der Waals surface area contributed by atoms with Crippen LogP contribution in [0.5, 0.6) is 5.75 Å². The van der Waals surface area contributed by atoms with E-state index >= 15 is 0 Å². The molecule has 0 aromatic heterocycles. The highest BCUT2D eigenvalue weighted by molar-refractivity contribution is 7.99. The summed E-state index contributed by atoms with van der Waals surface area (Å²) < 4.78 is 5.17. The van der Waals surface area contributed by atoms with Crippen molar-refractivity contribution >= 4 is 11.8 Å². The number of ether oxygens (including phenoxy) is 1. The van der Waals surface area contributed by atoms with Crippen LogP contribution in [0.3, 0.4) is 0 Å². The Hall–Kier alpha value is -0.670. The van der Waals surface area contributed by atoms with E-state index in [9.17, 15) is 0 Å². The third kappa shape index (κ3) is 5.78. The first-order valence-corrected chi connectivity index (χ1v) is 7.83. The maximum Gasteiger partial charge on any atom is 0.118 e. The number of aryl methyl sites for hydroxylation is 1. The molecule has 1 aromatic carbocycles. The van der Waals surface area contributed by atoms with Gasteiger partial charge in [-0.3, -0.25) is 0 Å². The predicted molar refractivity (Wildman–Crippen MR) is 81.8 cm³/mol. The van der Waals surface area contributed by atoms with E-state index < -0.39 is 0 Å². The van der Waals surface area contributed by atoms with E-state index in [1.54, 1.807) is 7.11 Å². The molecule has 0 aliphatic heterocycles. The van der Waals surface area contributed by atoms with Crippen LogP contribution in [0.15, 0.2) is 24.3 Å². The molecule has 0 aliphatic rings. The average molecular weight is 267 g/mol. The first kappa shape index (κ1) is 15.4. The Morgan fingerprint density at radius 3 is 2.56 bits per heavy atom. The van der Waals surface area contributed by atoms with E-state index in [-0.39, 0.29) is 0 Å². The summed E-state index contributed by atoms with van der Waals surface area (Å²) in [5.74, 6) is 3.41. The molecule has 0 bridgehead atoms. The number of rotatable bonds is 9. The summed E-state index contributed by atoms with van der Waals surface area (Å²) in [5, 5.41) is 3.41. The van der Waals surface area contributed by atoms with Gasteiger partial charge < -0.3 is 10.1 Å². The average Bonchev–Trinajstić information content (AvgIpc) is 2.43. The number of thioether (sulfide) groups is 1. The van der Waals surface area contributed by atoms with Crippen LogP contribution in [-0.4, -0.2) is 31.7 Å². The molecule has 2 nitrogen and oxygen atoms in total. The van der Waals surface area contributed by atoms with E-state index in [4.69, 9.17) is 4.74 Å². The van der Waals surface area contributed by atoms with Gasteiger partial charge in [-0.2, -0.15) is 11.8 Å². The smallest absolute Gasteiger partial charge is 0.118 e. The number of hydrogen-bond acceptors (Lipinski definition) is 3. The van der Waals surface area contributed by atoms with Gasteiger partial charge in [0.25, 0.3) is 0 Å². The van der Waals surface area contributed by atoms with Crippen molar-refractivity contribution in [1.82, 2.24) is 5.32 Å². The molecule has 0 fully saturated rings. The largest absolute Gasteiger partial charge is 0.497 e. The van der Waals surface area contributed by atoms with E-state index in [0.717, 1.165) is 12.2 Å². The number of benzene rings is 1. The second kappa shape index (κ2) is 9.29. The molecule has 0 heterocycles. The highest BCUT2D eigenvalue weighted by Crippen LogP contribution is 2.14. The topological polar surface area (TPSA) is 21.3 Å². The van der Waals surface area contributed by atoms with Gasteiger partial charge in [-0.25, -0.2) is 0 Å². The van der Waals surface area contributed by atoms with Gasteiger partial charge in [0, 0.05) is 11.8 Å². The summed E-state index contributed by atoms with van der Waals surface area (Å²) >= 11 is 2.04. The summed E-state index contributed by atoms with van der Waals surface area (Å²) in [6.45, 7) is 2.23. The molecule has 1 rings (SSSR count). The Bertz CT molecular complexity index is 313. The van der Waals surface area contributed by atoms with Gasteiger partial charge in [0.1, 0.15) is 5.75 Å². The molecule has 0 aliphatic carbocycles. The molecule has 0 amide bonds. The van der Waals surface area contributed by atoms with Crippen molar-refractivity contribution < 1.29 is 4.74 Å². The van der Waals surface area contributed by atoms with E-state index in [0.29, 0.717) is 6.04 Å². The van der Waals surface area contributed by atoms with Crippen molar-refractivity contribution in [3.8, 4) is 5.75 Å². The molecule has 1 aromatic rings. The van der Waals surface area contributed by atoms with Crippen LogP contribution in [0.4, 0.5) is 0 Å². The van der Waals surface area contributed by atoms with Crippen molar-refractivity contribution in [3.05, 3.63) is 29.8 Å². The summed E-state index contributed by atoms with van der Waals surface area (Å²) in [6.07, 6.45) is 3.58. The van der Waals surface area contributed by atoms with Crippen LogP contribution < -0.4 is 10.1 Å². The van der Waals surface area contributed by atoms with Gasteiger partial charge in [-0.05, 0) is 49.8 Å². The molecule has 3 heteroatoms. The molecule has 1 unspecified atom stereocenters. The predicted octanol–water partition coefficient (Wildman–Crippen LogP) is 3.36. The van der Waals surface area contributed by atoms with E-state index in [1.807, 2.05) is 23.9 Å². The van der Waals surface area contributed by atoms with Crippen LogP contribution in [0, 0.1) is 0 Å². The van der Waals surface area contributed by atoms with Crippen LogP contribution >= 0.6 is 11.8 Å². The normalized spacial score (nSPS) is 12.4. The minimum atomic E-state index is 0.614. The molecule has 1 N–H and O–H groups in total. The lowest BCUT2D eigenvalue weighted by molar-refractivity contribution is 0.414. The van der Waals surface area contributed by atoms with Gasteiger partial charge in [0.2, 0.25) is 0 Å². The number of methoxy groups -OCH3 is 1. The van der Waals surface area contributed by atoms with Crippen molar-refractivity contribution in [1.29, 1.82) is 0 Å². The zero-order valence-corrected chi connectivity index (χ0v) is 12.6. The zero-order valence-electron chi connectivity index (χ0n) is 11.7. The molecule has 18 heavy (non-hydrogen) atoms. The summed E-state index contributed by atoms with van der Waals surface area (Å²) in [6, 6.07) is 9.00. The number of hydrogen-bond donors (Lipinski definition) is 1. The van der Waals surface area contributed by atoms with Gasteiger partial charge in [-0.15, -0.1) is 0 Å². The third-order valence-electron chi connectivity index (χ3n) is 3.02. The summed E-state index contributed by atoms with van der Waals surface area (Å²) in [5.41, 5.74) is 1.39. The van der Waals surface area contributed by atoms with Crippen LogP contribution in [-0.2, 0) is 6.42 Å². The Kier molecular flexibility index (Phi) is 7.94. The molecule has 1 atom stereocenters. The molecule has 0 saturated carbocycles. The van der Waals surface area contributed by atoms with Crippen LogP contribution in [0.25, 0.3) is 0 Å². The van der Waals surface area contributed by atoms with Crippen molar-refractivity contribution in [3.63, 3.8) is 0 Å². The second-order valence-corrected chi connectivity index (χ2v) is 5.60. The Morgan fingerprint density at radius 2 is 2.00 bits per heavy atom. The Morgan fingerprint density at radius 1 is 1.28 bits per heavy atom. The SMILES string of the molecule is CCCSCC(CCc1ccc(OC)cc1)NC. The van der Waals surface area contributed by atoms with Crippen LogP contribution in [0.2, 0.25) is 0 Å². The van der Waals surface area contributed by atoms with Crippen molar-refractivity contribution in [2.24, 2.45) is 0 Å². The minimum Gasteiger partial charge on any atom is -0.497 e. The lowest BCUT2D eigenvalue weighted by Crippen LogP contribution is -2.28. The van der Waals surface area contributed by atoms with Crippen molar-refractivity contribution in [2.45, 2.75) is 32.2 Å². The molecular weight excluding hydrogens is 242 g/mol. The van der Waals surface area contributed by atoms with Gasteiger partial charge in [0.05, 0.1) is 7.11 Å². The second-order valence-electron chi connectivity index (χ2n) is 4.45. The number of nitrogens with one attached hydrogen (secondary N) is 1. The quantitative estimate of drug-likeness (QED) is 0.693. The standard InChI is InChI=1S/C15H25NOS/c1-4-11-18-12-14(16-2)8-5-13-6-9-15(17-3)10-7-13/h6-7,9-10,14,16H,4-5,8,11-12H2,1-3H3. The Balaban J connectivity index is 2.32. The van der Waals surface area contributed by atoms with Gasteiger partial charge in [0.15, 0.2) is 0 Å². The fourth-order valence-electron chi connectivity index (χ4n) is 1.81. The van der Waals surface area contributed by atoms with Gasteiger partial charge >= 0.3 is 0 Å². The lowest BCUT2D eigenvalue weighted by Gasteiger charge is -2.15. The molecule has 102 valence electrons. The van der Waals surface area contributed by atoms with E-state index in [2.05, 4.69) is 31.4 Å². The third-order valence-corrected chi connectivity index (χ3v) is 4.35. The summed E-state index contributed by atoms with van der Waals surface area (Å²) in [4.78, 5) is 0. The fourth-order valence-corrected chi connectivity index (χ4v) is 2.89. The monoisotopic (exact) mass is 267 g/mol.